The Morgan fingerprint density at radius 2 is 2.36 bits per heavy atom. The molecule has 1 aromatic heterocycles. The average molecular weight is 281 g/mol. The summed E-state index contributed by atoms with van der Waals surface area (Å²) in [6, 6.07) is 1.30. The zero-order chi connectivity index (χ0) is 10.6. The summed E-state index contributed by atoms with van der Waals surface area (Å²) in [5.74, 6) is -0.321. The maximum atomic E-state index is 13.3. The Morgan fingerprint density at radius 1 is 1.64 bits per heavy atom. The minimum Gasteiger partial charge on any atom is -0.257 e. The maximum Gasteiger partial charge on any atom is 0.146 e. The van der Waals surface area contributed by atoms with E-state index in [1.165, 1.54) is 12.3 Å². The van der Waals surface area contributed by atoms with Crippen LogP contribution in [0.3, 0.4) is 0 Å². The number of hydrogen-bond donors (Lipinski definition) is 0. The molecule has 1 rings (SSSR count). The molecule has 0 saturated heterocycles. The van der Waals surface area contributed by atoms with Crippen molar-refractivity contribution in [3.05, 3.63) is 28.8 Å². The molecular weight excluding hydrogens is 268 g/mol. The first-order valence-corrected chi connectivity index (χ1v) is 5.86. The van der Waals surface area contributed by atoms with Gasteiger partial charge >= 0.3 is 0 Å². The summed E-state index contributed by atoms with van der Waals surface area (Å²) in [7, 11) is 0. The van der Waals surface area contributed by atoms with Crippen LogP contribution in [0, 0.1) is 5.82 Å². The van der Waals surface area contributed by atoms with Gasteiger partial charge in [-0.2, -0.15) is 0 Å². The summed E-state index contributed by atoms with van der Waals surface area (Å²) in [5, 5.41) is 0.341. The first-order chi connectivity index (χ1) is 6.63. The highest BCUT2D eigenvalue weighted by molar-refractivity contribution is 9.09. The Labute approximate surface area is 96.8 Å². The Balaban J connectivity index is 2.67. The molecule has 0 saturated carbocycles. The zero-order valence-corrected chi connectivity index (χ0v) is 10.3. The van der Waals surface area contributed by atoms with E-state index in [2.05, 4.69) is 27.8 Å². The van der Waals surface area contributed by atoms with Gasteiger partial charge in [0.1, 0.15) is 5.82 Å². The average Bonchev–Trinajstić information content (AvgIpc) is 2.10. The Kier molecular flexibility index (Phi) is 4.82. The molecule has 0 aliphatic carbocycles. The van der Waals surface area contributed by atoms with Crippen molar-refractivity contribution in [3.8, 4) is 0 Å². The first-order valence-electron chi connectivity index (χ1n) is 4.57. The molecule has 0 aliphatic rings. The predicted molar refractivity (Wildman–Crippen MR) is 60.5 cm³/mol. The molecule has 4 heteroatoms. The highest BCUT2D eigenvalue weighted by Gasteiger charge is 2.10. The van der Waals surface area contributed by atoms with Gasteiger partial charge in [0.25, 0.3) is 0 Å². The van der Waals surface area contributed by atoms with E-state index < -0.39 is 0 Å². The van der Waals surface area contributed by atoms with Crippen LogP contribution in [0.5, 0.6) is 0 Å². The van der Waals surface area contributed by atoms with Crippen molar-refractivity contribution in [1.29, 1.82) is 0 Å². The molecule has 1 heterocycles. The van der Waals surface area contributed by atoms with Crippen molar-refractivity contribution < 1.29 is 4.39 Å². The van der Waals surface area contributed by atoms with E-state index in [0.717, 1.165) is 12.8 Å². The quantitative estimate of drug-likeness (QED) is 0.760. The van der Waals surface area contributed by atoms with Crippen LogP contribution in [0.4, 0.5) is 4.39 Å². The van der Waals surface area contributed by atoms with Crippen molar-refractivity contribution in [3.63, 3.8) is 0 Å². The molecular formula is C10H12BrClFN. The molecule has 1 nitrogen and oxygen atoms in total. The molecule has 0 bridgehead atoms. The van der Waals surface area contributed by atoms with E-state index in [4.69, 9.17) is 11.6 Å². The van der Waals surface area contributed by atoms with Gasteiger partial charge < -0.3 is 0 Å². The molecule has 1 atom stereocenters. The van der Waals surface area contributed by atoms with E-state index in [9.17, 15) is 4.39 Å². The van der Waals surface area contributed by atoms with Gasteiger partial charge in [-0.05, 0) is 12.5 Å². The summed E-state index contributed by atoms with van der Waals surface area (Å²) in [6.07, 6.45) is 4.18. The summed E-state index contributed by atoms with van der Waals surface area (Å²) >= 11 is 9.09. The molecule has 1 unspecified atom stereocenters. The van der Waals surface area contributed by atoms with E-state index in [1.807, 2.05) is 0 Å². The van der Waals surface area contributed by atoms with Crippen LogP contribution in [0.2, 0.25) is 5.02 Å². The number of hydrogen-bond acceptors (Lipinski definition) is 1. The number of alkyl halides is 1. The Hall–Kier alpha value is -0.150. The van der Waals surface area contributed by atoms with Gasteiger partial charge in [0.05, 0.1) is 10.7 Å². The second kappa shape index (κ2) is 5.66. The summed E-state index contributed by atoms with van der Waals surface area (Å²) in [5.41, 5.74) is 0.477. The molecule has 0 amide bonds. The summed E-state index contributed by atoms with van der Waals surface area (Å²) in [6.45, 7) is 2.10. The van der Waals surface area contributed by atoms with E-state index in [0.29, 0.717) is 17.1 Å². The molecule has 78 valence electrons. The second-order valence-corrected chi connectivity index (χ2v) is 4.90. The normalized spacial score (nSPS) is 12.9. The van der Waals surface area contributed by atoms with E-state index >= 15 is 0 Å². The van der Waals surface area contributed by atoms with Gasteiger partial charge in [0, 0.05) is 17.4 Å². The fraction of sp³-hybridized carbons (Fsp3) is 0.500. The third kappa shape index (κ3) is 3.54. The van der Waals surface area contributed by atoms with Crippen molar-refractivity contribution in [2.75, 3.05) is 0 Å². The van der Waals surface area contributed by atoms with Crippen LogP contribution in [0.25, 0.3) is 0 Å². The third-order valence-corrected chi connectivity index (χ3v) is 2.89. The van der Waals surface area contributed by atoms with Crippen LogP contribution >= 0.6 is 27.5 Å². The number of rotatable bonds is 4. The van der Waals surface area contributed by atoms with Crippen molar-refractivity contribution in [2.45, 2.75) is 31.0 Å². The van der Waals surface area contributed by atoms with Gasteiger partial charge in [-0.25, -0.2) is 4.39 Å². The number of halogens is 3. The lowest BCUT2D eigenvalue weighted by atomic mass is 10.1. The van der Waals surface area contributed by atoms with Crippen molar-refractivity contribution in [1.82, 2.24) is 4.98 Å². The number of pyridine rings is 1. The van der Waals surface area contributed by atoms with Gasteiger partial charge in [0.2, 0.25) is 0 Å². The molecule has 0 spiro atoms. The van der Waals surface area contributed by atoms with Gasteiger partial charge in [-0.1, -0.05) is 40.9 Å². The Bertz CT molecular complexity index is 306. The highest BCUT2D eigenvalue weighted by atomic mass is 79.9. The predicted octanol–water partition coefficient (Wildman–Crippen LogP) is 3.98. The molecule has 0 radical (unpaired) electrons. The van der Waals surface area contributed by atoms with Crippen molar-refractivity contribution >= 4 is 27.5 Å². The monoisotopic (exact) mass is 279 g/mol. The van der Waals surface area contributed by atoms with Gasteiger partial charge in [0.15, 0.2) is 0 Å². The first kappa shape index (κ1) is 11.9. The SMILES string of the molecule is CCCC(Br)Cc1ncc(Cl)cc1F. The largest absolute Gasteiger partial charge is 0.257 e. The molecule has 0 aliphatic heterocycles. The topological polar surface area (TPSA) is 12.9 Å². The minimum absolute atomic E-state index is 0.288. The summed E-state index contributed by atoms with van der Waals surface area (Å²) < 4.78 is 13.3. The smallest absolute Gasteiger partial charge is 0.146 e. The lowest BCUT2D eigenvalue weighted by Crippen LogP contribution is -2.06. The highest BCUT2D eigenvalue weighted by Crippen LogP contribution is 2.17. The van der Waals surface area contributed by atoms with Crippen LogP contribution < -0.4 is 0 Å². The molecule has 0 N–H and O–H groups in total. The van der Waals surface area contributed by atoms with Gasteiger partial charge in [-0.15, -0.1) is 0 Å². The van der Waals surface area contributed by atoms with Gasteiger partial charge in [-0.3, -0.25) is 4.98 Å². The Morgan fingerprint density at radius 3 is 2.93 bits per heavy atom. The second-order valence-electron chi connectivity index (χ2n) is 3.17. The maximum absolute atomic E-state index is 13.3. The minimum atomic E-state index is -0.321. The lowest BCUT2D eigenvalue weighted by Gasteiger charge is -2.08. The number of aromatic nitrogens is 1. The lowest BCUT2D eigenvalue weighted by molar-refractivity contribution is 0.590. The van der Waals surface area contributed by atoms with Crippen molar-refractivity contribution in [2.24, 2.45) is 0 Å². The molecule has 14 heavy (non-hydrogen) atoms. The third-order valence-electron chi connectivity index (χ3n) is 1.90. The van der Waals surface area contributed by atoms with Crippen LogP contribution in [0.1, 0.15) is 25.5 Å². The fourth-order valence-electron chi connectivity index (χ4n) is 1.22. The van der Waals surface area contributed by atoms with Crippen LogP contribution in [-0.4, -0.2) is 9.81 Å². The molecule has 0 aromatic carbocycles. The standard InChI is InChI=1S/C10H12BrClFN/c1-2-3-7(11)4-10-9(13)5-8(12)6-14-10/h5-7H,2-4H2,1H3. The number of nitrogens with zero attached hydrogens (tertiary/aromatic N) is 1. The summed E-state index contributed by atoms with van der Waals surface area (Å²) in [4.78, 5) is 4.25. The van der Waals surface area contributed by atoms with Crippen LogP contribution in [-0.2, 0) is 6.42 Å². The molecule has 0 fully saturated rings. The zero-order valence-electron chi connectivity index (χ0n) is 7.93. The fourth-order valence-corrected chi connectivity index (χ4v) is 2.13. The molecule has 1 aromatic rings. The van der Waals surface area contributed by atoms with E-state index in [-0.39, 0.29) is 10.6 Å². The van der Waals surface area contributed by atoms with Crippen LogP contribution in [0.15, 0.2) is 12.3 Å². The van der Waals surface area contributed by atoms with E-state index in [1.54, 1.807) is 0 Å².